The maximum atomic E-state index is 15.2. The van der Waals surface area contributed by atoms with Crippen LogP contribution in [-0.4, -0.2) is 19.2 Å². The summed E-state index contributed by atoms with van der Waals surface area (Å²) >= 11 is 0. The van der Waals surface area contributed by atoms with Crippen LogP contribution in [0.15, 0.2) is 0 Å². The van der Waals surface area contributed by atoms with Gasteiger partial charge >= 0.3 is 0 Å². The SMILES string of the molecule is COc1c(OC)c(-c2c(F)c(F)c(F)c(F)c2F)c2c(-c3c(F)c(F)c(F)c(F)c3F)[c][nH]c2c1-c1c(F)c(F)c(F)c(F)c1F. The normalized spacial score (nSPS) is 11.6. The molecule has 0 aliphatic rings. The third-order valence-corrected chi connectivity index (χ3v) is 6.76. The summed E-state index contributed by atoms with van der Waals surface area (Å²) in [7, 11) is 1.18. The Morgan fingerprint density at radius 1 is 0.370 bits per heavy atom. The summed E-state index contributed by atoms with van der Waals surface area (Å²) < 4.78 is 228. The van der Waals surface area contributed by atoms with E-state index in [0.29, 0.717) is 14.2 Å². The highest BCUT2D eigenvalue weighted by atomic mass is 19.2. The van der Waals surface area contributed by atoms with Crippen molar-refractivity contribution in [3.05, 3.63) is 93.5 Å². The molecule has 1 N–H and O–H groups in total. The minimum Gasteiger partial charge on any atom is -0.492 e. The van der Waals surface area contributed by atoms with E-state index in [2.05, 4.69) is 0 Å². The smallest absolute Gasteiger partial charge is 0.200 e. The number of rotatable bonds is 5. The molecule has 1 radical (unpaired) electrons. The van der Waals surface area contributed by atoms with Crippen LogP contribution in [0.2, 0.25) is 0 Å². The number of ether oxygens (including phenoxy) is 2. The van der Waals surface area contributed by atoms with Crippen molar-refractivity contribution in [2.45, 2.75) is 0 Å². The van der Waals surface area contributed by atoms with Crippen LogP contribution in [0.5, 0.6) is 11.5 Å². The molecule has 241 valence electrons. The molecule has 0 amide bonds. The van der Waals surface area contributed by atoms with Crippen molar-refractivity contribution in [1.82, 2.24) is 4.98 Å². The number of benzene rings is 4. The third-order valence-electron chi connectivity index (χ3n) is 6.76. The van der Waals surface area contributed by atoms with Gasteiger partial charge in [-0.25, -0.2) is 65.9 Å². The van der Waals surface area contributed by atoms with E-state index < -0.39 is 143 Å². The topological polar surface area (TPSA) is 34.2 Å². The standard InChI is InChI=1S/C28H7F15NO2/c1-45-27-7(8-13(31)19(37)24(42)20(38)14(8)32)5-4(6-11(29)17(35)23(41)18(36)12(6)30)3-44-26(5)10(28(27)46-2)9-15(33)21(39)25(43)22(40)16(9)34/h44H,1-2H3. The molecule has 1 heterocycles. The van der Waals surface area contributed by atoms with Crippen molar-refractivity contribution in [1.29, 1.82) is 0 Å². The van der Waals surface area contributed by atoms with Gasteiger partial charge in [-0.15, -0.1) is 0 Å². The minimum atomic E-state index is -2.72. The molecule has 0 spiro atoms. The lowest BCUT2D eigenvalue weighted by Gasteiger charge is -2.21. The maximum absolute atomic E-state index is 15.2. The average Bonchev–Trinajstić information content (AvgIpc) is 3.47. The second-order valence-electron chi connectivity index (χ2n) is 9.03. The van der Waals surface area contributed by atoms with Crippen molar-refractivity contribution in [2.24, 2.45) is 0 Å². The van der Waals surface area contributed by atoms with Crippen molar-refractivity contribution in [3.8, 4) is 44.9 Å². The van der Waals surface area contributed by atoms with Crippen molar-refractivity contribution < 1.29 is 75.3 Å². The van der Waals surface area contributed by atoms with E-state index in [-0.39, 0.29) is 0 Å². The fraction of sp³-hybridized carbons (Fsp3) is 0.0714. The highest BCUT2D eigenvalue weighted by molar-refractivity contribution is 6.15. The Balaban J connectivity index is 2.18. The first kappa shape index (κ1) is 32.4. The van der Waals surface area contributed by atoms with Crippen LogP contribution < -0.4 is 9.47 Å². The Kier molecular flexibility index (Phi) is 7.81. The van der Waals surface area contributed by atoms with Gasteiger partial charge in [-0.2, -0.15) is 0 Å². The number of methoxy groups -OCH3 is 2. The molecule has 0 aliphatic heterocycles. The molecule has 0 aliphatic carbocycles. The molecular weight excluding hydrogens is 667 g/mol. The number of aromatic amines is 1. The van der Waals surface area contributed by atoms with Gasteiger partial charge in [0.25, 0.3) is 0 Å². The fourth-order valence-electron chi connectivity index (χ4n) is 4.79. The van der Waals surface area contributed by atoms with Crippen molar-refractivity contribution in [2.75, 3.05) is 14.2 Å². The molecule has 0 bridgehead atoms. The van der Waals surface area contributed by atoms with Crippen LogP contribution >= 0.6 is 0 Å². The molecule has 0 atom stereocenters. The molecule has 0 saturated carbocycles. The van der Waals surface area contributed by atoms with E-state index >= 15 is 26.3 Å². The average molecular weight is 674 g/mol. The fourth-order valence-corrected chi connectivity index (χ4v) is 4.79. The first-order valence-electron chi connectivity index (χ1n) is 11.8. The first-order valence-corrected chi connectivity index (χ1v) is 11.8. The largest absolute Gasteiger partial charge is 0.492 e. The van der Waals surface area contributed by atoms with Crippen molar-refractivity contribution in [3.63, 3.8) is 0 Å². The Morgan fingerprint density at radius 3 is 1.00 bits per heavy atom. The van der Waals surface area contributed by atoms with Crippen LogP contribution in [0.3, 0.4) is 0 Å². The molecule has 4 aromatic carbocycles. The molecule has 0 saturated heterocycles. The molecule has 5 aromatic rings. The van der Waals surface area contributed by atoms with E-state index in [0.717, 1.165) is 0 Å². The van der Waals surface area contributed by atoms with E-state index in [1.54, 1.807) is 6.20 Å². The van der Waals surface area contributed by atoms with Gasteiger partial charge < -0.3 is 14.5 Å². The summed E-state index contributed by atoms with van der Waals surface area (Å²) in [6.07, 6.45) is 1.78. The maximum Gasteiger partial charge on any atom is 0.200 e. The van der Waals surface area contributed by atoms with E-state index in [4.69, 9.17) is 9.47 Å². The molecule has 3 nitrogen and oxygen atoms in total. The summed E-state index contributed by atoms with van der Waals surface area (Å²) in [5.74, 6) is -42.3. The lowest BCUT2D eigenvalue weighted by atomic mass is 9.89. The number of fused-ring (bicyclic) bond motifs is 1. The van der Waals surface area contributed by atoms with Crippen LogP contribution in [0.1, 0.15) is 0 Å². The highest BCUT2D eigenvalue weighted by Crippen LogP contribution is 2.55. The third kappa shape index (κ3) is 4.18. The van der Waals surface area contributed by atoms with Gasteiger partial charge in [0.1, 0.15) is 0 Å². The first-order chi connectivity index (χ1) is 21.5. The zero-order valence-electron chi connectivity index (χ0n) is 22.0. The van der Waals surface area contributed by atoms with E-state index in [1.165, 1.54) is 0 Å². The summed E-state index contributed by atoms with van der Waals surface area (Å²) in [5.41, 5.74) is -11.5. The van der Waals surface area contributed by atoms with Gasteiger partial charge in [0.2, 0.25) is 17.5 Å². The predicted octanol–water partition coefficient (Wildman–Crippen LogP) is 9.07. The van der Waals surface area contributed by atoms with Crippen molar-refractivity contribution >= 4 is 10.9 Å². The van der Waals surface area contributed by atoms with Gasteiger partial charge in [-0.3, -0.25) is 0 Å². The molecule has 5 rings (SSSR count). The van der Waals surface area contributed by atoms with Crippen LogP contribution in [0.4, 0.5) is 65.9 Å². The number of halogens is 15. The quantitative estimate of drug-likeness (QED) is 0.115. The Hall–Kier alpha value is -5.03. The van der Waals surface area contributed by atoms with Gasteiger partial charge in [0, 0.05) is 16.5 Å². The Morgan fingerprint density at radius 2 is 0.652 bits per heavy atom. The van der Waals surface area contributed by atoms with Gasteiger partial charge in [-0.05, 0) is 0 Å². The summed E-state index contributed by atoms with van der Waals surface area (Å²) in [4.78, 5) is 1.87. The number of aromatic nitrogens is 1. The monoisotopic (exact) mass is 674 g/mol. The Bertz CT molecular complexity index is 2050. The zero-order valence-corrected chi connectivity index (χ0v) is 22.0. The molecule has 0 fully saturated rings. The molecule has 0 unspecified atom stereocenters. The number of H-pyrrole nitrogens is 1. The number of hydrogen-bond donors (Lipinski definition) is 1. The molecule has 1 aromatic heterocycles. The zero-order chi connectivity index (χ0) is 34.3. The molecule has 18 heteroatoms. The number of hydrogen-bond acceptors (Lipinski definition) is 2. The lowest BCUT2D eigenvalue weighted by molar-refractivity contribution is 0.355. The summed E-state index contributed by atoms with van der Waals surface area (Å²) in [5, 5.41) is -1.41. The van der Waals surface area contributed by atoms with Crippen LogP contribution in [0.25, 0.3) is 44.3 Å². The van der Waals surface area contributed by atoms with Gasteiger partial charge in [0.15, 0.2) is 81.3 Å². The van der Waals surface area contributed by atoms with Crippen LogP contribution in [0, 0.1) is 93.5 Å². The molecule has 46 heavy (non-hydrogen) atoms. The van der Waals surface area contributed by atoms with E-state index in [1.807, 2.05) is 4.98 Å². The van der Waals surface area contributed by atoms with E-state index in [9.17, 15) is 39.5 Å². The number of nitrogens with one attached hydrogen (secondary N) is 1. The lowest BCUT2D eigenvalue weighted by Crippen LogP contribution is -2.09. The predicted molar refractivity (Wildman–Crippen MR) is 126 cm³/mol. The van der Waals surface area contributed by atoms with Gasteiger partial charge in [0.05, 0.1) is 48.2 Å². The highest BCUT2D eigenvalue weighted by Gasteiger charge is 2.38. The molecular formula is C28H7F15NO2. The second-order valence-corrected chi connectivity index (χ2v) is 9.03. The van der Waals surface area contributed by atoms with Crippen LogP contribution in [-0.2, 0) is 0 Å². The summed E-state index contributed by atoms with van der Waals surface area (Å²) in [6.45, 7) is 0. The Labute approximate surface area is 244 Å². The second kappa shape index (κ2) is 11.1. The minimum absolute atomic E-state index is 0.565. The summed E-state index contributed by atoms with van der Waals surface area (Å²) in [6, 6.07) is 0. The van der Waals surface area contributed by atoms with Gasteiger partial charge in [-0.1, -0.05) is 0 Å².